The van der Waals surface area contributed by atoms with Gasteiger partial charge in [0.05, 0.1) is 12.1 Å². The number of hydrogen-bond donors (Lipinski definition) is 0. The minimum absolute atomic E-state index is 0.0634. The van der Waals surface area contributed by atoms with Crippen molar-refractivity contribution in [2.45, 2.75) is 31.3 Å². The zero-order valence-corrected chi connectivity index (χ0v) is 10.7. The molecule has 0 radical (unpaired) electrons. The summed E-state index contributed by atoms with van der Waals surface area (Å²) in [5, 5.41) is 0. The van der Waals surface area contributed by atoms with E-state index in [-0.39, 0.29) is 11.4 Å². The molecular weight excluding hydrogens is 242 g/mol. The highest BCUT2D eigenvalue weighted by Crippen LogP contribution is 3.05. The minimum atomic E-state index is -0.0634. The van der Waals surface area contributed by atoms with Gasteiger partial charge in [0.25, 0.3) is 0 Å². The lowest BCUT2D eigenvalue weighted by atomic mass is 9.73. The van der Waals surface area contributed by atoms with Gasteiger partial charge in [0, 0.05) is 17.9 Å². The predicted molar refractivity (Wildman–Crippen MR) is 64.7 cm³/mol. The fourth-order valence-electron chi connectivity index (χ4n) is 8.24. The monoisotopic (exact) mass is 257 g/mol. The summed E-state index contributed by atoms with van der Waals surface area (Å²) in [5.41, 5.74) is 0.761. The summed E-state index contributed by atoms with van der Waals surface area (Å²) in [7, 11) is 1.64. The van der Waals surface area contributed by atoms with E-state index in [0.29, 0.717) is 22.9 Å². The van der Waals surface area contributed by atoms with Crippen LogP contribution < -0.4 is 11.4 Å². The first-order chi connectivity index (χ1) is 9.18. The van der Waals surface area contributed by atoms with Gasteiger partial charge in [-0.1, -0.05) is 6.42 Å². The molecule has 2 bridgehead atoms. The molecule has 0 amide bonds. The van der Waals surface area contributed by atoms with E-state index in [9.17, 15) is 9.59 Å². The van der Waals surface area contributed by atoms with E-state index in [0.717, 1.165) is 23.7 Å². The maximum atomic E-state index is 12.4. The second-order valence-corrected chi connectivity index (χ2v) is 7.85. The quantitative estimate of drug-likeness (QED) is 0.663. The van der Waals surface area contributed by atoms with Crippen molar-refractivity contribution in [1.82, 2.24) is 13.9 Å². The molecule has 8 atom stereocenters. The SMILES string of the molecule is Cn1c(=O)n2n(c1=O)[C@@H]1[C@H]3C4C5[C@@]6(CCC[C@@]516)[C@H]2[C@H]43. The predicted octanol–water partition coefficient (Wildman–Crippen LogP) is 0.120. The fraction of sp³-hybridized carbons (Fsp3) is 0.857. The van der Waals surface area contributed by atoms with Crippen molar-refractivity contribution in [3.63, 3.8) is 0 Å². The van der Waals surface area contributed by atoms with Crippen LogP contribution in [0.4, 0.5) is 0 Å². The van der Waals surface area contributed by atoms with Crippen LogP contribution in [0.3, 0.4) is 0 Å². The van der Waals surface area contributed by atoms with E-state index in [1.807, 2.05) is 9.36 Å². The molecule has 7 aliphatic rings. The maximum absolute atomic E-state index is 12.4. The smallest absolute Gasteiger partial charge is 0.246 e. The lowest BCUT2D eigenvalue weighted by Gasteiger charge is -2.45. The van der Waals surface area contributed by atoms with E-state index in [1.54, 1.807) is 7.05 Å². The summed E-state index contributed by atoms with van der Waals surface area (Å²) in [5.74, 6) is 3.23. The van der Waals surface area contributed by atoms with Crippen molar-refractivity contribution >= 4 is 0 Å². The van der Waals surface area contributed by atoms with Crippen LogP contribution in [-0.4, -0.2) is 13.9 Å². The van der Waals surface area contributed by atoms with Gasteiger partial charge < -0.3 is 0 Å². The molecule has 0 N–H and O–H groups in total. The van der Waals surface area contributed by atoms with Gasteiger partial charge in [0.15, 0.2) is 0 Å². The van der Waals surface area contributed by atoms with Crippen LogP contribution in [0.25, 0.3) is 0 Å². The fourth-order valence-corrected chi connectivity index (χ4v) is 8.24. The molecule has 5 fully saturated rings. The molecule has 2 spiro atoms. The van der Waals surface area contributed by atoms with Gasteiger partial charge in [-0.2, -0.15) is 0 Å². The molecule has 2 unspecified atom stereocenters. The standard InChI is InChI=1S/C14H15N3O2/c1-15-11(18)16-9-6-5-7(6)10(17(16)12(15)19)14-4-2-3-13(9,14)8(5)14/h5-10H,2-4H2,1H3/t5?,6-,7+,8?,9-,10-,13+,14-/m1/s1. The zero-order chi connectivity index (χ0) is 12.5. The Labute approximate surface area is 108 Å². The van der Waals surface area contributed by atoms with Crippen molar-refractivity contribution in [3.8, 4) is 0 Å². The normalized spacial score (nSPS) is 63.2. The summed E-state index contributed by atoms with van der Waals surface area (Å²) in [6.45, 7) is 0. The number of rotatable bonds is 0. The molecule has 0 aromatic carbocycles. The highest BCUT2D eigenvalue weighted by atomic mass is 16.2. The second-order valence-electron chi connectivity index (χ2n) is 7.85. The Hall–Kier alpha value is -1.26. The Morgan fingerprint density at radius 3 is 2.00 bits per heavy atom. The molecule has 98 valence electrons. The van der Waals surface area contributed by atoms with Gasteiger partial charge in [-0.15, -0.1) is 0 Å². The summed E-state index contributed by atoms with van der Waals surface area (Å²) >= 11 is 0. The van der Waals surface area contributed by atoms with E-state index >= 15 is 0 Å². The Kier molecular flexibility index (Phi) is 0.881. The average molecular weight is 257 g/mol. The van der Waals surface area contributed by atoms with E-state index in [1.165, 1.54) is 23.8 Å². The molecule has 19 heavy (non-hydrogen) atoms. The molecular formula is C14H15N3O2. The van der Waals surface area contributed by atoms with E-state index in [2.05, 4.69) is 0 Å². The average Bonchev–Trinajstić information content (AvgIpc) is 3.01. The van der Waals surface area contributed by atoms with Gasteiger partial charge in [0.2, 0.25) is 0 Å². The Bertz CT molecular complexity index is 767. The van der Waals surface area contributed by atoms with Crippen LogP contribution in [0.1, 0.15) is 31.3 Å². The van der Waals surface area contributed by atoms with Crippen molar-refractivity contribution in [2.75, 3.05) is 0 Å². The molecule has 0 saturated heterocycles. The Balaban J connectivity index is 1.71. The number of nitrogens with zero attached hydrogens (tertiary/aromatic N) is 3. The van der Waals surface area contributed by atoms with E-state index in [4.69, 9.17) is 0 Å². The lowest BCUT2D eigenvalue weighted by molar-refractivity contribution is 0.0178. The highest BCUT2D eigenvalue weighted by molar-refractivity contribution is 5.49. The lowest BCUT2D eigenvalue weighted by Crippen LogP contribution is -2.51. The van der Waals surface area contributed by atoms with Crippen LogP contribution in [0.15, 0.2) is 9.59 Å². The van der Waals surface area contributed by atoms with Crippen LogP contribution in [0.5, 0.6) is 0 Å². The molecule has 3 heterocycles. The van der Waals surface area contributed by atoms with Crippen molar-refractivity contribution in [1.29, 1.82) is 0 Å². The summed E-state index contributed by atoms with van der Waals surface area (Å²) in [6.07, 6.45) is 3.94. The van der Waals surface area contributed by atoms with Gasteiger partial charge in [-0.05, 0) is 36.5 Å². The third kappa shape index (κ3) is 0.472. The van der Waals surface area contributed by atoms with E-state index < -0.39 is 0 Å². The molecule has 5 aliphatic carbocycles. The maximum Gasteiger partial charge on any atom is 0.347 e. The summed E-state index contributed by atoms with van der Waals surface area (Å²) in [6, 6.07) is 0.753. The van der Waals surface area contributed by atoms with Crippen LogP contribution in [-0.2, 0) is 7.05 Å². The van der Waals surface area contributed by atoms with Crippen LogP contribution >= 0.6 is 0 Å². The minimum Gasteiger partial charge on any atom is -0.246 e. The highest BCUT2D eigenvalue weighted by Gasteiger charge is 3.03. The first kappa shape index (κ1) is 8.82. The van der Waals surface area contributed by atoms with Crippen molar-refractivity contribution in [3.05, 3.63) is 21.0 Å². The molecule has 2 aliphatic heterocycles. The summed E-state index contributed by atoms with van der Waals surface area (Å²) < 4.78 is 5.11. The van der Waals surface area contributed by atoms with Crippen molar-refractivity contribution < 1.29 is 0 Å². The van der Waals surface area contributed by atoms with Gasteiger partial charge in [-0.3, -0.25) is 0 Å². The first-order valence-electron chi connectivity index (χ1n) is 7.58. The Morgan fingerprint density at radius 1 is 0.947 bits per heavy atom. The van der Waals surface area contributed by atoms with Crippen LogP contribution in [0.2, 0.25) is 0 Å². The second kappa shape index (κ2) is 1.90. The molecule has 8 rings (SSSR count). The molecule has 1 aromatic heterocycles. The van der Waals surface area contributed by atoms with Crippen LogP contribution in [0, 0.1) is 34.5 Å². The number of aromatic nitrogens is 3. The molecule has 5 saturated carbocycles. The summed E-state index contributed by atoms with van der Waals surface area (Å²) in [4.78, 5) is 24.9. The molecule has 5 heteroatoms. The molecule has 5 nitrogen and oxygen atoms in total. The van der Waals surface area contributed by atoms with Gasteiger partial charge in [-0.25, -0.2) is 23.5 Å². The van der Waals surface area contributed by atoms with Gasteiger partial charge >= 0.3 is 11.4 Å². The molecule has 1 aromatic rings. The van der Waals surface area contributed by atoms with Gasteiger partial charge in [0.1, 0.15) is 0 Å². The largest absolute Gasteiger partial charge is 0.347 e. The zero-order valence-electron chi connectivity index (χ0n) is 10.7. The third-order valence-electron chi connectivity index (χ3n) is 8.16. The topological polar surface area (TPSA) is 48.9 Å². The third-order valence-corrected chi connectivity index (χ3v) is 8.16. The Morgan fingerprint density at radius 2 is 1.47 bits per heavy atom. The van der Waals surface area contributed by atoms with Crippen molar-refractivity contribution in [2.24, 2.45) is 41.5 Å². The number of hydrogen-bond acceptors (Lipinski definition) is 2. The first-order valence-corrected chi connectivity index (χ1v) is 7.58.